The molecule has 2 heterocycles. The molecule has 0 saturated heterocycles. The third-order valence-corrected chi connectivity index (χ3v) is 2.16. The molecule has 16 heavy (non-hydrogen) atoms. The van der Waals surface area contributed by atoms with E-state index in [1.54, 1.807) is 6.92 Å². The van der Waals surface area contributed by atoms with E-state index in [9.17, 15) is 9.59 Å². The smallest absolute Gasteiger partial charge is 0.325 e. The molecular formula is C9H9N3O4. The number of ether oxygens (including phenoxy) is 1. The van der Waals surface area contributed by atoms with Gasteiger partial charge in [-0.2, -0.15) is 0 Å². The summed E-state index contributed by atoms with van der Waals surface area (Å²) < 4.78 is 10.4. The van der Waals surface area contributed by atoms with Crippen LogP contribution >= 0.6 is 0 Å². The molecule has 0 bridgehead atoms. The van der Waals surface area contributed by atoms with Gasteiger partial charge in [0, 0.05) is 0 Å². The minimum absolute atomic E-state index is 0.170. The van der Waals surface area contributed by atoms with Crippen LogP contribution in [0.4, 0.5) is 0 Å². The van der Waals surface area contributed by atoms with Crippen LogP contribution in [0.1, 0.15) is 5.69 Å². The Labute approximate surface area is 89.6 Å². The maximum atomic E-state index is 11.9. The summed E-state index contributed by atoms with van der Waals surface area (Å²) in [7, 11) is 1.25. The highest BCUT2D eigenvalue weighted by Crippen LogP contribution is 2.09. The number of aromatic nitrogens is 3. The molecule has 84 valence electrons. The van der Waals surface area contributed by atoms with Crippen molar-refractivity contribution in [3.05, 3.63) is 22.4 Å². The highest BCUT2D eigenvalue weighted by molar-refractivity contribution is 5.75. The van der Waals surface area contributed by atoms with Gasteiger partial charge in [0.1, 0.15) is 18.3 Å². The number of methoxy groups -OCH3 is 1. The van der Waals surface area contributed by atoms with Gasteiger partial charge in [-0.05, 0) is 6.92 Å². The van der Waals surface area contributed by atoms with E-state index in [4.69, 9.17) is 4.52 Å². The van der Waals surface area contributed by atoms with Crippen molar-refractivity contribution < 1.29 is 14.1 Å². The summed E-state index contributed by atoms with van der Waals surface area (Å²) in [6.45, 7) is 1.46. The fourth-order valence-electron chi connectivity index (χ4n) is 1.33. The van der Waals surface area contributed by atoms with Crippen molar-refractivity contribution in [1.82, 2.24) is 14.7 Å². The van der Waals surface area contributed by atoms with E-state index >= 15 is 0 Å². The molecule has 0 aliphatic rings. The zero-order chi connectivity index (χ0) is 11.7. The van der Waals surface area contributed by atoms with Crippen molar-refractivity contribution in [3.8, 4) is 0 Å². The molecule has 2 rings (SSSR count). The Kier molecular flexibility index (Phi) is 2.43. The first kappa shape index (κ1) is 10.3. The molecule has 0 fully saturated rings. The zero-order valence-electron chi connectivity index (χ0n) is 8.76. The number of esters is 1. The normalized spacial score (nSPS) is 10.6. The van der Waals surface area contributed by atoms with Crippen LogP contribution in [0, 0.1) is 6.92 Å². The molecule has 7 nitrogen and oxygen atoms in total. The molecule has 0 amide bonds. The topological polar surface area (TPSA) is 87.2 Å². The second-order valence-corrected chi connectivity index (χ2v) is 3.20. The van der Waals surface area contributed by atoms with E-state index in [0.717, 1.165) is 4.57 Å². The summed E-state index contributed by atoms with van der Waals surface area (Å²) in [6, 6.07) is 0. The number of hydrogen-bond donors (Lipinski definition) is 0. The second kappa shape index (κ2) is 3.76. The minimum atomic E-state index is -0.516. The summed E-state index contributed by atoms with van der Waals surface area (Å²) in [5.74, 6) is -0.516. The number of aryl methyl sites for hydroxylation is 1. The van der Waals surface area contributed by atoms with Crippen LogP contribution in [0.25, 0.3) is 11.1 Å². The van der Waals surface area contributed by atoms with Crippen molar-refractivity contribution in [3.63, 3.8) is 0 Å². The first-order chi connectivity index (χ1) is 7.63. The Morgan fingerprint density at radius 1 is 1.62 bits per heavy atom. The van der Waals surface area contributed by atoms with Gasteiger partial charge in [0.2, 0.25) is 0 Å². The Morgan fingerprint density at radius 2 is 2.38 bits per heavy atom. The Balaban J connectivity index is 2.56. The van der Waals surface area contributed by atoms with Gasteiger partial charge >= 0.3 is 5.97 Å². The van der Waals surface area contributed by atoms with Crippen LogP contribution in [0.5, 0.6) is 0 Å². The number of fused-ring (bicyclic) bond motifs is 1. The third kappa shape index (κ3) is 1.56. The van der Waals surface area contributed by atoms with E-state index in [2.05, 4.69) is 14.9 Å². The lowest BCUT2D eigenvalue weighted by Gasteiger charge is -2.02. The highest BCUT2D eigenvalue weighted by atomic mass is 16.5. The molecule has 0 aliphatic carbocycles. The average Bonchev–Trinajstić information content (AvgIpc) is 2.65. The van der Waals surface area contributed by atoms with E-state index in [0.29, 0.717) is 5.69 Å². The maximum Gasteiger partial charge on any atom is 0.325 e. The molecule has 0 aromatic carbocycles. The predicted octanol–water partition coefficient (Wildman–Crippen LogP) is -0.134. The van der Waals surface area contributed by atoms with Gasteiger partial charge in [-0.3, -0.25) is 14.2 Å². The van der Waals surface area contributed by atoms with E-state index in [1.165, 1.54) is 13.4 Å². The van der Waals surface area contributed by atoms with Gasteiger partial charge in [0.25, 0.3) is 11.3 Å². The fraction of sp³-hybridized carbons (Fsp3) is 0.333. The number of carbonyl (C=O) groups excluding carboxylic acids is 1. The fourth-order valence-corrected chi connectivity index (χ4v) is 1.33. The number of rotatable bonds is 2. The monoisotopic (exact) mass is 223 g/mol. The van der Waals surface area contributed by atoms with Crippen LogP contribution in [0.2, 0.25) is 0 Å². The van der Waals surface area contributed by atoms with Crippen molar-refractivity contribution in [2.24, 2.45) is 0 Å². The largest absolute Gasteiger partial charge is 0.468 e. The summed E-state index contributed by atoms with van der Waals surface area (Å²) in [5, 5.41) is 3.91. The van der Waals surface area contributed by atoms with Crippen LogP contribution < -0.4 is 5.56 Å². The van der Waals surface area contributed by atoms with Crippen LogP contribution in [-0.4, -0.2) is 27.8 Å². The SMILES string of the molecule is COC(=O)Cn1cnc2onc(C)c2c1=O. The van der Waals surface area contributed by atoms with E-state index in [1.807, 2.05) is 0 Å². The quantitative estimate of drug-likeness (QED) is 0.659. The Bertz CT molecular complexity index is 598. The molecular weight excluding hydrogens is 214 g/mol. The van der Waals surface area contributed by atoms with Gasteiger partial charge in [-0.25, -0.2) is 4.98 Å². The lowest BCUT2D eigenvalue weighted by Crippen LogP contribution is -2.25. The van der Waals surface area contributed by atoms with Gasteiger partial charge in [0.15, 0.2) is 0 Å². The minimum Gasteiger partial charge on any atom is -0.468 e. The molecule has 0 unspecified atom stereocenters. The molecule has 0 saturated carbocycles. The molecule has 0 spiro atoms. The molecule has 0 N–H and O–H groups in total. The summed E-state index contributed by atoms with van der Waals surface area (Å²) in [4.78, 5) is 26.8. The predicted molar refractivity (Wildman–Crippen MR) is 52.8 cm³/mol. The van der Waals surface area contributed by atoms with Crippen molar-refractivity contribution >= 4 is 17.1 Å². The molecule has 0 radical (unpaired) electrons. The van der Waals surface area contributed by atoms with Crippen molar-refractivity contribution in [2.75, 3.05) is 7.11 Å². The number of nitrogens with zero attached hydrogens (tertiary/aromatic N) is 3. The van der Waals surface area contributed by atoms with E-state index < -0.39 is 5.97 Å². The first-order valence-electron chi connectivity index (χ1n) is 4.51. The lowest BCUT2D eigenvalue weighted by atomic mass is 10.3. The standard InChI is InChI=1S/C9H9N3O4/c1-5-7-8(16-11-5)10-4-12(9(7)14)3-6(13)15-2/h4H,3H2,1-2H3. The Hall–Kier alpha value is -2.18. The third-order valence-electron chi connectivity index (χ3n) is 2.16. The number of carbonyl (C=O) groups is 1. The zero-order valence-corrected chi connectivity index (χ0v) is 8.76. The molecule has 2 aromatic rings. The van der Waals surface area contributed by atoms with E-state index in [-0.39, 0.29) is 23.2 Å². The lowest BCUT2D eigenvalue weighted by molar-refractivity contribution is -0.141. The van der Waals surface area contributed by atoms with Gasteiger partial charge in [-0.1, -0.05) is 5.16 Å². The maximum absolute atomic E-state index is 11.9. The van der Waals surface area contributed by atoms with Crippen LogP contribution in [-0.2, 0) is 16.1 Å². The average molecular weight is 223 g/mol. The van der Waals surface area contributed by atoms with Gasteiger partial charge < -0.3 is 9.26 Å². The molecule has 2 aromatic heterocycles. The summed E-state index contributed by atoms with van der Waals surface area (Å²) >= 11 is 0. The number of hydrogen-bond acceptors (Lipinski definition) is 6. The van der Waals surface area contributed by atoms with Gasteiger partial charge in [-0.15, -0.1) is 0 Å². The molecule has 0 aliphatic heterocycles. The Morgan fingerprint density at radius 3 is 3.06 bits per heavy atom. The first-order valence-corrected chi connectivity index (χ1v) is 4.51. The van der Waals surface area contributed by atoms with Gasteiger partial charge in [0.05, 0.1) is 12.8 Å². The molecule has 0 atom stereocenters. The summed E-state index contributed by atoms with van der Waals surface area (Å²) in [6.07, 6.45) is 1.23. The van der Waals surface area contributed by atoms with Crippen molar-refractivity contribution in [1.29, 1.82) is 0 Å². The highest BCUT2D eigenvalue weighted by Gasteiger charge is 2.13. The van der Waals surface area contributed by atoms with Crippen LogP contribution in [0.3, 0.4) is 0 Å². The van der Waals surface area contributed by atoms with Crippen LogP contribution in [0.15, 0.2) is 15.6 Å². The molecule has 7 heteroatoms. The van der Waals surface area contributed by atoms with Crippen molar-refractivity contribution in [2.45, 2.75) is 13.5 Å². The summed E-state index contributed by atoms with van der Waals surface area (Å²) in [5.41, 5.74) is 0.254. The second-order valence-electron chi connectivity index (χ2n) is 3.20.